The molecule has 48 heavy (non-hydrogen) atoms. The minimum Gasteiger partial charge on any atom is -0.394 e. The first-order valence-electron chi connectivity index (χ1n) is 17.6. The maximum absolute atomic E-state index is 14.8. The summed E-state index contributed by atoms with van der Waals surface area (Å²) in [6.45, 7) is 12.3. The molecule has 6 aliphatic rings. The van der Waals surface area contributed by atoms with Crippen LogP contribution in [0.4, 0.5) is 0 Å². The Labute approximate surface area is 282 Å². The molecule has 0 spiro atoms. The summed E-state index contributed by atoms with van der Waals surface area (Å²) in [5.41, 5.74) is -4.48. The highest BCUT2D eigenvalue weighted by Crippen LogP contribution is 2.75. The van der Waals surface area contributed by atoms with Gasteiger partial charge < -0.3 is 50.0 Å². The van der Waals surface area contributed by atoms with E-state index in [0.717, 1.165) is 5.57 Å². The molecule has 0 radical (unpaired) electrons. The molecule has 3 saturated carbocycles. The molecule has 12 heteroatoms. The molecule has 0 unspecified atom stereocenters. The number of carbonyl (C=O) groups is 2. The average molecular weight is 681 g/mol. The van der Waals surface area contributed by atoms with E-state index in [4.69, 9.17) is 14.2 Å². The number of Topliss-reactive ketones (excluding diaryl/α,β-unsaturated/α-hetero) is 2. The zero-order valence-corrected chi connectivity index (χ0v) is 29.3. The molecule has 4 aliphatic carbocycles. The van der Waals surface area contributed by atoms with Crippen LogP contribution in [0.3, 0.4) is 0 Å². The molecule has 0 aromatic heterocycles. The minimum absolute atomic E-state index is 0.0411. The van der Waals surface area contributed by atoms with Gasteiger partial charge in [-0.1, -0.05) is 32.4 Å². The van der Waals surface area contributed by atoms with Gasteiger partial charge in [-0.2, -0.15) is 0 Å². The van der Waals surface area contributed by atoms with Gasteiger partial charge in [0.25, 0.3) is 0 Å². The van der Waals surface area contributed by atoms with Crippen LogP contribution in [0.1, 0.15) is 87.0 Å². The Morgan fingerprint density at radius 2 is 1.65 bits per heavy atom. The topological polar surface area (TPSA) is 203 Å². The summed E-state index contributed by atoms with van der Waals surface area (Å²) in [7, 11) is 0. The summed E-state index contributed by atoms with van der Waals surface area (Å²) in [6, 6.07) is 0. The Morgan fingerprint density at radius 1 is 0.979 bits per heavy atom. The summed E-state index contributed by atoms with van der Waals surface area (Å²) in [6.07, 6.45) is -5.54. The summed E-state index contributed by atoms with van der Waals surface area (Å²) < 4.78 is 18.3. The van der Waals surface area contributed by atoms with Crippen molar-refractivity contribution in [3.63, 3.8) is 0 Å². The molecule has 272 valence electrons. The van der Waals surface area contributed by atoms with Gasteiger partial charge in [0.05, 0.1) is 31.0 Å². The maximum Gasteiger partial charge on any atom is 0.187 e. The van der Waals surface area contributed by atoms with Gasteiger partial charge in [-0.25, -0.2) is 0 Å². The predicted molar refractivity (Wildman–Crippen MR) is 170 cm³/mol. The lowest BCUT2D eigenvalue weighted by atomic mass is 9.38. The molecule has 16 atom stereocenters. The molecule has 0 aromatic rings. The van der Waals surface area contributed by atoms with Crippen molar-refractivity contribution in [3.8, 4) is 0 Å². The fourth-order valence-electron chi connectivity index (χ4n) is 11.5. The molecule has 2 saturated heterocycles. The Morgan fingerprint density at radius 3 is 2.27 bits per heavy atom. The number of hydrogen-bond acceptors (Lipinski definition) is 12. The second-order valence-electron chi connectivity index (χ2n) is 17.5. The second kappa shape index (κ2) is 11.6. The second-order valence-corrected chi connectivity index (χ2v) is 17.5. The fourth-order valence-corrected chi connectivity index (χ4v) is 11.5. The van der Waals surface area contributed by atoms with Crippen molar-refractivity contribution in [1.29, 1.82) is 0 Å². The monoisotopic (exact) mass is 680 g/mol. The lowest BCUT2D eigenvalue weighted by Crippen LogP contribution is -2.65. The smallest absolute Gasteiger partial charge is 0.187 e. The summed E-state index contributed by atoms with van der Waals surface area (Å²) in [5.74, 6) is -1.20. The Bertz CT molecular complexity index is 1340. The van der Waals surface area contributed by atoms with Crippen LogP contribution in [0.15, 0.2) is 11.6 Å². The van der Waals surface area contributed by atoms with E-state index in [1.54, 1.807) is 6.92 Å². The molecule has 5 fully saturated rings. The molecule has 0 bridgehead atoms. The molecular formula is C36H56O12. The highest BCUT2D eigenvalue weighted by molar-refractivity contribution is 5.94. The Kier molecular flexibility index (Phi) is 8.81. The van der Waals surface area contributed by atoms with Gasteiger partial charge in [0.15, 0.2) is 12.1 Å². The van der Waals surface area contributed by atoms with Crippen LogP contribution in [-0.2, 0) is 23.8 Å². The number of ether oxygens (including phenoxy) is 3. The number of carbonyl (C=O) groups excluding carboxylic acids is 2. The maximum atomic E-state index is 14.8. The van der Waals surface area contributed by atoms with Crippen molar-refractivity contribution in [3.05, 3.63) is 11.6 Å². The van der Waals surface area contributed by atoms with Crippen molar-refractivity contribution in [2.24, 2.45) is 39.4 Å². The lowest BCUT2D eigenvalue weighted by Gasteiger charge is -2.64. The highest BCUT2D eigenvalue weighted by Gasteiger charge is 2.75. The number of aliphatic hydroxyl groups excluding tert-OH is 6. The first kappa shape index (κ1) is 36.5. The Hall–Kier alpha value is -1.32. The van der Waals surface area contributed by atoms with Crippen LogP contribution in [0.5, 0.6) is 0 Å². The highest BCUT2D eigenvalue weighted by atomic mass is 16.7. The number of aliphatic hydroxyl groups is 7. The number of fused-ring (bicyclic) bond motifs is 5. The van der Waals surface area contributed by atoms with E-state index in [0.29, 0.717) is 25.7 Å². The van der Waals surface area contributed by atoms with Crippen molar-refractivity contribution in [2.75, 3.05) is 13.2 Å². The quantitative estimate of drug-likeness (QED) is 0.195. The summed E-state index contributed by atoms with van der Waals surface area (Å²) >= 11 is 0. The van der Waals surface area contributed by atoms with Crippen LogP contribution in [0, 0.1) is 39.4 Å². The van der Waals surface area contributed by atoms with Gasteiger partial charge >= 0.3 is 0 Å². The van der Waals surface area contributed by atoms with Gasteiger partial charge in [-0.15, -0.1) is 0 Å². The minimum atomic E-state index is -1.67. The number of allylic oxidation sites excluding steroid dienone is 2. The van der Waals surface area contributed by atoms with Gasteiger partial charge in [-0.05, 0) is 82.5 Å². The summed E-state index contributed by atoms with van der Waals surface area (Å²) in [5, 5.41) is 73.5. The standard InChI is InChI=1S/C36H56O12/c1-31(2)17-8-9-22-32(3)13-19(39)28(35(6)11-10-24(48-35)34(5,45)16-38)33(32,4)14-23(40)36(22,7)18(17)12-20(29(31)44)46-30-27(43)26(42)25(41)21(15-37)47-30/h8,18-22,24-28,30,37-39,41-43,45H,9-16H2,1-7H3/t18-,19-,20+,21+,22+,24+,25+,26-,27+,28+,30+,32+,33-,34+,35-,36+/m1/s1. The van der Waals surface area contributed by atoms with Crippen molar-refractivity contribution < 1.29 is 59.5 Å². The van der Waals surface area contributed by atoms with Gasteiger partial charge in [0.2, 0.25) is 0 Å². The zero-order chi connectivity index (χ0) is 35.6. The van der Waals surface area contributed by atoms with E-state index in [1.165, 1.54) is 0 Å². The van der Waals surface area contributed by atoms with E-state index in [2.05, 4.69) is 19.9 Å². The fraction of sp³-hybridized carbons (Fsp3) is 0.889. The lowest BCUT2D eigenvalue weighted by molar-refractivity contribution is -0.311. The van der Waals surface area contributed by atoms with Crippen LogP contribution >= 0.6 is 0 Å². The molecule has 12 nitrogen and oxygen atoms in total. The molecular weight excluding hydrogens is 624 g/mol. The first-order chi connectivity index (χ1) is 22.1. The largest absolute Gasteiger partial charge is 0.394 e. The SMILES string of the molecule is CC1(C)C(=O)[C@@H](O[C@H]2O[C@@H](CO)[C@H](O)[C@@H](O)[C@@H]2O)C[C@@H]2C1=CC[C@@H]1[C@@]2(C)C(=O)C[C@]2(C)[C@@H]([C@@]3(C)CC[C@@H]([C@@](C)(O)CO)O3)[C@H](O)C[C@@]12C. The van der Waals surface area contributed by atoms with Crippen LogP contribution in [-0.4, -0.2) is 121 Å². The first-order valence-corrected chi connectivity index (χ1v) is 17.6. The molecule has 0 amide bonds. The van der Waals surface area contributed by atoms with Crippen molar-refractivity contribution in [1.82, 2.24) is 0 Å². The van der Waals surface area contributed by atoms with Gasteiger partial charge in [0.1, 0.15) is 41.9 Å². The van der Waals surface area contributed by atoms with E-state index < -0.39 is 107 Å². The zero-order valence-electron chi connectivity index (χ0n) is 29.3. The number of rotatable bonds is 6. The van der Waals surface area contributed by atoms with E-state index in [1.807, 2.05) is 27.7 Å². The molecule has 2 heterocycles. The van der Waals surface area contributed by atoms with Crippen molar-refractivity contribution >= 4 is 11.6 Å². The van der Waals surface area contributed by atoms with E-state index in [-0.39, 0.29) is 30.3 Å². The Balaban J connectivity index is 1.33. The van der Waals surface area contributed by atoms with Crippen LogP contribution in [0.25, 0.3) is 0 Å². The third kappa shape index (κ3) is 4.84. The molecule has 6 rings (SSSR count). The third-order valence-electron chi connectivity index (χ3n) is 14.5. The summed E-state index contributed by atoms with van der Waals surface area (Å²) in [4.78, 5) is 28.8. The van der Waals surface area contributed by atoms with Crippen molar-refractivity contribution in [2.45, 2.75) is 147 Å². The normalized spacial score (nSPS) is 53.0. The molecule has 0 aromatic carbocycles. The van der Waals surface area contributed by atoms with E-state index >= 15 is 0 Å². The average Bonchev–Trinajstić information content (AvgIpc) is 3.51. The predicted octanol–water partition coefficient (Wildman–Crippen LogP) is 0.787. The third-order valence-corrected chi connectivity index (χ3v) is 14.5. The molecule has 7 N–H and O–H groups in total. The number of hydrogen-bond donors (Lipinski definition) is 7. The van der Waals surface area contributed by atoms with Gasteiger partial charge in [0, 0.05) is 23.2 Å². The molecule has 2 aliphatic heterocycles. The van der Waals surface area contributed by atoms with Crippen LogP contribution < -0.4 is 0 Å². The van der Waals surface area contributed by atoms with Crippen LogP contribution in [0.2, 0.25) is 0 Å². The number of ketones is 2. The van der Waals surface area contributed by atoms with E-state index in [9.17, 15) is 45.3 Å². The van der Waals surface area contributed by atoms with Gasteiger partial charge in [-0.3, -0.25) is 9.59 Å².